The van der Waals surface area contributed by atoms with Crippen LogP contribution in [0, 0.1) is 0 Å². The molecule has 1 aromatic rings. The van der Waals surface area contributed by atoms with E-state index in [1.165, 1.54) is 28.1 Å². The van der Waals surface area contributed by atoms with E-state index in [1.54, 1.807) is 0 Å². The number of rotatable bonds is 3. The SMILES string of the molecule is C/N=C/C1=C(NC)C(=C/N2CCc3ccccc32)/CC1. The predicted octanol–water partition coefficient (Wildman–Crippen LogP) is 2.90. The average molecular weight is 267 g/mol. The molecule has 0 spiro atoms. The smallest absolute Gasteiger partial charge is 0.0439 e. The first kappa shape index (κ1) is 13.0. The van der Waals surface area contributed by atoms with Crippen molar-refractivity contribution in [3.8, 4) is 0 Å². The van der Waals surface area contributed by atoms with E-state index in [2.05, 4.69) is 45.7 Å². The van der Waals surface area contributed by atoms with Crippen LogP contribution in [0.1, 0.15) is 18.4 Å². The fourth-order valence-corrected chi connectivity index (χ4v) is 3.15. The third-order valence-corrected chi connectivity index (χ3v) is 4.08. The summed E-state index contributed by atoms with van der Waals surface area (Å²) in [5, 5.41) is 3.34. The van der Waals surface area contributed by atoms with Gasteiger partial charge >= 0.3 is 0 Å². The van der Waals surface area contributed by atoms with Crippen molar-refractivity contribution in [2.75, 3.05) is 25.5 Å². The molecule has 3 heteroatoms. The van der Waals surface area contributed by atoms with Crippen LogP contribution in [0.25, 0.3) is 0 Å². The zero-order valence-electron chi connectivity index (χ0n) is 12.2. The summed E-state index contributed by atoms with van der Waals surface area (Å²) in [6, 6.07) is 8.69. The van der Waals surface area contributed by atoms with Crippen LogP contribution in [0.15, 0.2) is 52.3 Å². The zero-order chi connectivity index (χ0) is 13.9. The number of nitrogens with zero attached hydrogens (tertiary/aromatic N) is 2. The molecule has 0 atom stereocenters. The molecule has 0 saturated heterocycles. The van der Waals surface area contributed by atoms with E-state index < -0.39 is 0 Å². The Labute approximate surface area is 120 Å². The van der Waals surface area contributed by atoms with E-state index in [1.807, 2.05) is 20.3 Å². The molecule has 1 N–H and O–H groups in total. The molecule has 0 saturated carbocycles. The molecule has 1 aliphatic heterocycles. The Morgan fingerprint density at radius 3 is 2.85 bits per heavy atom. The fourth-order valence-electron chi connectivity index (χ4n) is 3.15. The van der Waals surface area contributed by atoms with Crippen LogP contribution in [0.2, 0.25) is 0 Å². The lowest BCUT2D eigenvalue weighted by molar-refractivity contribution is 0.944. The van der Waals surface area contributed by atoms with Crippen LogP contribution in [0.4, 0.5) is 5.69 Å². The van der Waals surface area contributed by atoms with Gasteiger partial charge in [-0.15, -0.1) is 0 Å². The van der Waals surface area contributed by atoms with Crippen molar-refractivity contribution in [1.82, 2.24) is 5.32 Å². The maximum Gasteiger partial charge on any atom is 0.0439 e. The van der Waals surface area contributed by atoms with Crippen molar-refractivity contribution >= 4 is 11.9 Å². The highest BCUT2D eigenvalue weighted by Gasteiger charge is 2.21. The zero-order valence-corrected chi connectivity index (χ0v) is 12.2. The van der Waals surface area contributed by atoms with Gasteiger partial charge in [-0.25, -0.2) is 0 Å². The summed E-state index contributed by atoms with van der Waals surface area (Å²) in [7, 11) is 3.83. The van der Waals surface area contributed by atoms with Crippen LogP contribution in [-0.4, -0.2) is 26.9 Å². The van der Waals surface area contributed by atoms with Gasteiger partial charge in [-0.05, 0) is 42.0 Å². The van der Waals surface area contributed by atoms with Crippen molar-refractivity contribution in [2.24, 2.45) is 4.99 Å². The molecule has 3 nitrogen and oxygen atoms in total. The molecule has 1 aliphatic carbocycles. The second kappa shape index (κ2) is 5.53. The van der Waals surface area contributed by atoms with Gasteiger partial charge < -0.3 is 10.2 Å². The lowest BCUT2D eigenvalue weighted by Gasteiger charge is -2.16. The number of fused-ring (bicyclic) bond motifs is 1. The molecule has 0 bridgehead atoms. The second-order valence-corrected chi connectivity index (χ2v) is 5.26. The molecule has 1 aromatic carbocycles. The Balaban J connectivity index is 1.91. The maximum atomic E-state index is 4.15. The van der Waals surface area contributed by atoms with Crippen molar-refractivity contribution in [3.05, 3.63) is 52.9 Å². The first-order valence-corrected chi connectivity index (χ1v) is 7.22. The van der Waals surface area contributed by atoms with Crippen LogP contribution in [0.3, 0.4) is 0 Å². The average Bonchev–Trinajstić information content (AvgIpc) is 3.05. The number of benzene rings is 1. The predicted molar refractivity (Wildman–Crippen MR) is 85.3 cm³/mol. The van der Waals surface area contributed by atoms with Gasteiger partial charge in [0.2, 0.25) is 0 Å². The molecule has 2 aliphatic rings. The van der Waals surface area contributed by atoms with Gasteiger partial charge in [-0.1, -0.05) is 18.2 Å². The Kier molecular flexibility index (Phi) is 3.59. The number of nitrogens with one attached hydrogen (secondary N) is 1. The topological polar surface area (TPSA) is 27.6 Å². The summed E-state index contributed by atoms with van der Waals surface area (Å²) >= 11 is 0. The van der Waals surface area contributed by atoms with Gasteiger partial charge in [0.15, 0.2) is 0 Å². The van der Waals surface area contributed by atoms with E-state index in [0.29, 0.717) is 0 Å². The first-order chi connectivity index (χ1) is 9.83. The van der Waals surface area contributed by atoms with Crippen molar-refractivity contribution < 1.29 is 0 Å². The number of allylic oxidation sites excluding steroid dienone is 2. The van der Waals surface area contributed by atoms with Crippen LogP contribution in [0.5, 0.6) is 0 Å². The number of aliphatic imine (C=N–C) groups is 1. The molecule has 104 valence electrons. The highest BCUT2D eigenvalue weighted by atomic mass is 15.1. The monoisotopic (exact) mass is 267 g/mol. The molecule has 20 heavy (non-hydrogen) atoms. The number of hydrogen-bond donors (Lipinski definition) is 1. The van der Waals surface area contributed by atoms with Crippen LogP contribution < -0.4 is 10.2 Å². The van der Waals surface area contributed by atoms with E-state index in [0.717, 1.165) is 25.8 Å². The highest BCUT2D eigenvalue weighted by molar-refractivity contribution is 5.82. The van der Waals surface area contributed by atoms with Gasteiger partial charge in [0, 0.05) is 44.4 Å². The third kappa shape index (κ3) is 2.24. The molecule has 0 aromatic heterocycles. The Hall–Kier alpha value is -2.03. The molecule has 0 fully saturated rings. The number of likely N-dealkylation sites (N-methyl/N-ethyl adjacent to an activating group) is 1. The summed E-state index contributed by atoms with van der Waals surface area (Å²) in [5.41, 5.74) is 6.76. The minimum Gasteiger partial charge on any atom is -0.388 e. The molecule has 1 heterocycles. The molecular formula is C17H21N3. The Morgan fingerprint density at radius 1 is 1.20 bits per heavy atom. The van der Waals surface area contributed by atoms with E-state index in [9.17, 15) is 0 Å². The number of para-hydroxylation sites is 1. The largest absolute Gasteiger partial charge is 0.388 e. The molecule has 3 rings (SSSR count). The summed E-state index contributed by atoms with van der Waals surface area (Å²) in [6.45, 7) is 1.08. The van der Waals surface area contributed by atoms with E-state index in [-0.39, 0.29) is 0 Å². The standard InChI is InChI=1S/C17H21N3/c1-18-11-14-7-8-15(17(14)19-2)12-20-10-9-13-5-3-4-6-16(13)20/h3-6,11-12,19H,7-10H2,1-2H3/b15-12+,18-11+. The maximum absolute atomic E-state index is 4.15. The number of hydrogen-bond acceptors (Lipinski definition) is 3. The lowest BCUT2D eigenvalue weighted by Crippen LogP contribution is -2.15. The van der Waals surface area contributed by atoms with Gasteiger partial charge in [0.1, 0.15) is 0 Å². The second-order valence-electron chi connectivity index (χ2n) is 5.26. The van der Waals surface area contributed by atoms with Crippen LogP contribution >= 0.6 is 0 Å². The Bertz CT molecular complexity index is 596. The quantitative estimate of drug-likeness (QED) is 0.853. The van der Waals surface area contributed by atoms with Crippen LogP contribution in [-0.2, 0) is 6.42 Å². The van der Waals surface area contributed by atoms with E-state index >= 15 is 0 Å². The van der Waals surface area contributed by atoms with Gasteiger partial charge in [-0.2, -0.15) is 0 Å². The summed E-state index contributed by atoms with van der Waals surface area (Å²) < 4.78 is 0. The van der Waals surface area contributed by atoms with Crippen molar-refractivity contribution in [3.63, 3.8) is 0 Å². The minimum absolute atomic E-state index is 1.08. The fraction of sp³-hybridized carbons (Fsp3) is 0.353. The molecular weight excluding hydrogens is 246 g/mol. The van der Waals surface area contributed by atoms with Gasteiger partial charge in [-0.3, -0.25) is 4.99 Å². The van der Waals surface area contributed by atoms with Crippen molar-refractivity contribution in [1.29, 1.82) is 0 Å². The first-order valence-electron chi connectivity index (χ1n) is 7.22. The van der Waals surface area contributed by atoms with Crippen molar-refractivity contribution in [2.45, 2.75) is 19.3 Å². The molecule has 0 unspecified atom stereocenters. The number of anilines is 1. The summed E-state index contributed by atoms with van der Waals surface area (Å²) in [4.78, 5) is 6.54. The van der Waals surface area contributed by atoms with E-state index in [4.69, 9.17) is 0 Å². The normalized spacial score (nSPS) is 20.3. The molecule has 0 radical (unpaired) electrons. The Morgan fingerprint density at radius 2 is 2.05 bits per heavy atom. The summed E-state index contributed by atoms with van der Waals surface area (Å²) in [6.07, 6.45) is 7.60. The van der Waals surface area contributed by atoms with Gasteiger partial charge in [0.05, 0.1) is 0 Å². The summed E-state index contributed by atoms with van der Waals surface area (Å²) in [5.74, 6) is 0. The third-order valence-electron chi connectivity index (χ3n) is 4.08. The molecule has 0 amide bonds. The lowest BCUT2D eigenvalue weighted by atomic mass is 10.2. The van der Waals surface area contributed by atoms with Gasteiger partial charge in [0.25, 0.3) is 0 Å². The minimum atomic E-state index is 1.08. The highest BCUT2D eigenvalue weighted by Crippen LogP contribution is 2.33.